The molecule has 53 heavy (non-hydrogen) atoms. The molecule has 0 bridgehead atoms. The van der Waals surface area contributed by atoms with Crippen LogP contribution in [0.1, 0.15) is 98.8 Å². The van der Waals surface area contributed by atoms with Crippen molar-refractivity contribution in [3.63, 3.8) is 0 Å². The molecule has 1 saturated heterocycles. The van der Waals surface area contributed by atoms with E-state index < -0.39 is 90.3 Å². The van der Waals surface area contributed by atoms with Crippen molar-refractivity contribution in [2.24, 2.45) is 29.0 Å². The number of carbonyl (C=O) groups is 7. The van der Waals surface area contributed by atoms with Crippen molar-refractivity contribution >= 4 is 41.4 Å². The number of unbranched alkanes of at least 4 members (excludes halogenated alkanes) is 2. The van der Waals surface area contributed by atoms with Crippen molar-refractivity contribution in [1.82, 2.24) is 31.5 Å². The molecule has 6 amide bonds. The molecule has 7 atom stereocenters. The lowest BCUT2D eigenvalue weighted by Crippen LogP contribution is -2.58. The minimum absolute atomic E-state index is 0.0369. The smallest absolute Gasteiger partial charge is 0.326 e. The first-order valence-electron chi connectivity index (χ1n) is 18.8. The van der Waals surface area contributed by atoms with Gasteiger partial charge in [-0.3, -0.25) is 28.8 Å². The highest BCUT2D eigenvalue weighted by Crippen LogP contribution is 2.21. The SMILES string of the molecule is CC(C)C[C@H](NC(=O)[C@@H]1CCCN1C(=O)[C@H](CCCCN)NC(=O)CNC(=O)[C@@H](NC(=O)[C@@H](N)CC(C)C)[C@@H](C)O)C(=O)N[C@@H](CCCCN)C(=O)O. The van der Waals surface area contributed by atoms with Crippen molar-refractivity contribution < 1.29 is 43.8 Å². The van der Waals surface area contributed by atoms with Gasteiger partial charge in [0.25, 0.3) is 0 Å². The van der Waals surface area contributed by atoms with E-state index in [1.165, 1.54) is 11.8 Å². The summed E-state index contributed by atoms with van der Waals surface area (Å²) in [6.45, 7) is 9.17. The average molecular weight is 756 g/mol. The Balaban J connectivity index is 3.04. The predicted molar refractivity (Wildman–Crippen MR) is 197 cm³/mol. The molecule has 1 aliphatic rings. The van der Waals surface area contributed by atoms with Crippen LogP contribution in [0.15, 0.2) is 0 Å². The molecule has 1 fully saturated rings. The normalized spacial score (nSPS) is 17.6. The highest BCUT2D eigenvalue weighted by Gasteiger charge is 2.39. The van der Waals surface area contributed by atoms with E-state index >= 15 is 0 Å². The Hall–Kier alpha value is -3.87. The van der Waals surface area contributed by atoms with Crippen molar-refractivity contribution in [3.8, 4) is 0 Å². The van der Waals surface area contributed by atoms with Crippen LogP contribution in [0.5, 0.6) is 0 Å². The van der Waals surface area contributed by atoms with E-state index in [1.54, 1.807) is 0 Å². The van der Waals surface area contributed by atoms with E-state index in [4.69, 9.17) is 17.2 Å². The van der Waals surface area contributed by atoms with Gasteiger partial charge in [0, 0.05) is 6.54 Å². The monoisotopic (exact) mass is 755 g/mol. The van der Waals surface area contributed by atoms with Gasteiger partial charge in [0.05, 0.1) is 18.7 Å². The highest BCUT2D eigenvalue weighted by molar-refractivity contribution is 5.96. The molecule has 0 saturated carbocycles. The van der Waals surface area contributed by atoms with E-state index in [9.17, 15) is 43.8 Å². The standard InChI is InChI=1S/C35H65N9O9/c1-20(2)17-23(38)30(47)43-29(22(5)45)33(50)39-19-28(46)40-24(11-6-8-14-36)34(51)44-16-10-13-27(44)32(49)42-26(18-21(3)4)31(48)41-25(35(52)53)12-7-9-15-37/h20-27,29,45H,6-19,36-38H2,1-5H3,(H,39,50)(H,40,46)(H,41,48)(H,42,49)(H,43,47)(H,52,53)/t22-,23+,24+,25+,26+,27+,29+/m1/s1. The fourth-order valence-electron chi connectivity index (χ4n) is 6.05. The molecule has 0 aliphatic carbocycles. The molecule has 13 N–H and O–H groups in total. The number of rotatable bonds is 25. The molecule has 304 valence electrons. The van der Waals surface area contributed by atoms with Crippen LogP contribution in [0, 0.1) is 11.8 Å². The third-order valence-corrected chi connectivity index (χ3v) is 8.87. The van der Waals surface area contributed by atoms with Gasteiger partial charge in [-0.1, -0.05) is 27.7 Å². The zero-order valence-corrected chi connectivity index (χ0v) is 32.0. The maximum atomic E-state index is 13.9. The number of nitrogens with zero attached hydrogens (tertiary/aromatic N) is 1. The summed E-state index contributed by atoms with van der Waals surface area (Å²) in [5, 5.41) is 32.5. The number of hydrogen-bond acceptors (Lipinski definition) is 11. The lowest BCUT2D eigenvalue weighted by Gasteiger charge is -2.30. The van der Waals surface area contributed by atoms with Crippen LogP contribution in [-0.4, -0.2) is 125 Å². The van der Waals surface area contributed by atoms with Gasteiger partial charge in [0.15, 0.2) is 0 Å². The molecule has 1 rings (SSSR count). The molecular weight excluding hydrogens is 690 g/mol. The molecular formula is C35H65N9O9. The third-order valence-electron chi connectivity index (χ3n) is 8.87. The first kappa shape index (κ1) is 47.2. The van der Waals surface area contributed by atoms with E-state index in [0.717, 1.165) is 0 Å². The second-order valence-electron chi connectivity index (χ2n) is 14.6. The van der Waals surface area contributed by atoms with E-state index in [2.05, 4.69) is 26.6 Å². The topological polar surface area (TPSA) is 301 Å². The minimum atomic E-state index is -1.38. The van der Waals surface area contributed by atoms with Gasteiger partial charge in [0.1, 0.15) is 30.2 Å². The van der Waals surface area contributed by atoms with Crippen molar-refractivity contribution in [1.29, 1.82) is 0 Å². The number of nitrogens with one attached hydrogen (secondary N) is 5. The van der Waals surface area contributed by atoms with Crippen LogP contribution >= 0.6 is 0 Å². The number of aliphatic hydroxyl groups excluding tert-OH is 1. The summed E-state index contributed by atoms with van der Waals surface area (Å²) in [5.74, 6) is -5.04. The molecule has 0 aromatic rings. The molecule has 18 nitrogen and oxygen atoms in total. The summed E-state index contributed by atoms with van der Waals surface area (Å²) in [6, 6.07) is -6.51. The Morgan fingerprint density at radius 3 is 1.85 bits per heavy atom. The predicted octanol–water partition coefficient (Wildman–Crippen LogP) is -1.82. The fourth-order valence-corrected chi connectivity index (χ4v) is 6.05. The summed E-state index contributed by atoms with van der Waals surface area (Å²) in [7, 11) is 0. The zero-order chi connectivity index (χ0) is 40.2. The van der Waals surface area contributed by atoms with Crippen LogP contribution in [0.2, 0.25) is 0 Å². The molecule has 1 aliphatic heterocycles. The molecule has 18 heteroatoms. The zero-order valence-electron chi connectivity index (χ0n) is 32.0. The van der Waals surface area contributed by atoms with Crippen LogP contribution in [0.25, 0.3) is 0 Å². The molecule has 1 heterocycles. The molecule has 0 spiro atoms. The first-order chi connectivity index (χ1) is 24.9. The summed E-state index contributed by atoms with van der Waals surface area (Å²) in [5.41, 5.74) is 17.1. The van der Waals surface area contributed by atoms with Crippen molar-refractivity contribution in [2.45, 2.75) is 141 Å². The number of likely N-dealkylation sites (tertiary alicyclic amines) is 1. The third kappa shape index (κ3) is 17.2. The van der Waals surface area contributed by atoms with Gasteiger partial charge in [0.2, 0.25) is 35.4 Å². The number of aliphatic hydroxyl groups is 1. The minimum Gasteiger partial charge on any atom is -0.480 e. The van der Waals surface area contributed by atoms with Crippen molar-refractivity contribution in [3.05, 3.63) is 0 Å². The second-order valence-corrected chi connectivity index (χ2v) is 14.6. The van der Waals surface area contributed by atoms with Crippen LogP contribution in [-0.2, 0) is 33.6 Å². The molecule has 0 aromatic heterocycles. The molecule has 0 radical (unpaired) electrons. The number of nitrogens with two attached hydrogens (primary N) is 3. The van der Waals surface area contributed by atoms with Crippen LogP contribution < -0.4 is 43.8 Å². The molecule has 0 unspecified atom stereocenters. The van der Waals surface area contributed by atoms with E-state index in [-0.39, 0.29) is 37.6 Å². The van der Waals surface area contributed by atoms with Crippen LogP contribution in [0.3, 0.4) is 0 Å². The maximum Gasteiger partial charge on any atom is 0.326 e. The number of carboxylic acid groups (broad SMARTS) is 1. The lowest BCUT2D eigenvalue weighted by atomic mass is 10.0. The lowest BCUT2D eigenvalue weighted by molar-refractivity contribution is -0.143. The number of aliphatic carboxylic acids is 1. The summed E-state index contributed by atoms with van der Waals surface area (Å²) in [6.07, 6.45) is 2.57. The number of amides is 6. The fraction of sp³-hybridized carbons (Fsp3) is 0.800. The van der Waals surface area contributed by atoms with Gasteiger partial charge in [-0.2, -0.15) is 0 Å². The maximum absolute atomic E-state index is 13.9. The Bertz CT molecular complexity index is 1220. The van der Waals surface area contributed by atoms with Gasteiger partial charge in [-0.15, -0.1) is 0 Å². The summed E-state index contributed by atoms with van der Waals surface area (Å²) >= 11 is 0. The average Bonchev–Trinajstić information content (AvgIpc) is 3.57. The number of carbonyl (C=O) groups excluding carboxylic acids is 6. The quantitative estimate of drug-likeness (QED) is 0.0461. The molecule has 0 aromatic carbocycles. The number of carboxylic acids is 1. The largest absolute Gasteiger partial charge is 0.480 e. The second kappa shape index (κ2) is 24.4. The van der Waals surface area contributed by atoms with E-state index in [1.807, 2.05) is 27.7 Å². The van der Waals surface area contributed by atoms with Gasteiger partial charge >= 0.3 is 5.97 Å². The Morgan fingerprint density at radius 1 is 0.736 bits per heavy atom. The Kier molecular flexibility index (Phi) is 21.7. The van der Waals surface area contributed by atoms with E-state index in [0.29, 0.717) is 58.0 Å². The Labute approximate surface area is 312 Å². The first-order valence-corrected chi connectivity index (χ1v) is 18.8. The highest BCUT2D eigenvalue weighted by atomic mass is 16.4. The van der Waals surface area contributed by atoms with Crippen LogP contribution in [0.4, 0.5) is 0 Å². The van der Waals surface area contributed by atoms with Gasteiger partial charge in [-0.05, 0) is 96.1 Å². The van der Waals surface area contributed by atoms with Gasteiger partial charge < -0.3 is 58.9 Å². The number of hydrogen-bond donors (Lipinski definition) is 10. The summed E-state index contributed by atoms with van der Waals surface area (Å²) < 4.78 is 0. The van der Waals surface area contributed by atoms with Crippen molar-refractivity contribution in [2.75, 3.05) is 26.2 Å². The Morgan fingerprint density at radius 2 is 1.32 bits per heavy atom. The summed E-state index contributed by atoms with van der Waals surface area (Å²) in [4.78, 5) is 92.4. The van der Waals surface area contributed by atoms with Gasteiger partial charge in [-0.25, -0.2) is 4.79 Å².